The number of amides is 2. The van der Waals surface area contributed by atoms with Crippen molar-refractivity contribution in [1.82, 2.24) is 30.0 Å². The Morgan fingerprint density at radius 2 is 1.72 bits per heavy atom. The van der Waals surface area contributed by atoms with E-state index in [-0.39, 0.29) is 48.3 Å². The Balaban J connectivity index is 1.23. The van der Waals surface area contributed by atoms with Crippen LogP contribution >= 0.6 is 0 Å². The molecule has 1 aliphatic heterocycles. The third-order valence-corrected chi connectivity index (χ3v) is 8.49. The van der Waals surface area contributed by atoms with Gasteiger partial charge in [-0.15, -0.1) is 0 Å². The molecule has 3 atom stereocenters. The van der Waals surface area contributed by atoms with Crippen LogP contribution in [0.2, 0.25) is 0 Å². The van der Waals surface area contributed by atoms with Crippen molar-refractivity contribution in [2.75, 3.05) is 6.54 Å². The smallest absolute Gasteiger partial charge is 0.245 e. The summed E-state index contributed by atoms with van der Waals surface area (Å²) < 4.78 is 16.5. The van der Waals surface area contributed by atoms with E-state index in [4.69, 9.17) is 0 Å². The Labute approximate surface area is 248 Å². The highest BCUT2D eigenvalue weighted by molar-refractivity contribution is 6.07. The zero-order valence-corrected chi connectivity index (χ0v) is 24.6. The number of piperidine rings is 1. The van der Waals surface area contributed by atoms with E-state index in [0.29, 0.717) is 28.7 Å². The molecule has 6 rings (SSSR count). The second kappa shape index (κ2) is 11.2. The molecule has 0 bridgehead atoms. The van der Waals surface area contributed by atoms with Crippen LogP contribution in [-0.4, -0.2) is 60.9 Å². The number of nitrogens with zero attached hydrogens (tertiary/aromatic N) is 5. The molecule has 1 saturated heterocycles. The lowest BCUT2D eigenvalue weighted by molar-refractivity contribution is -0.140. The molecular formula is C33H33FN6O3. The number of halogens is 1. The van der Waals surface area contributed by atoms with Gasteiger partial charge >= 0.3 is 0 Å². The van der Waals surface area contributed by atoms with Gasteiger partial charge in [0.25, 0.3) is 0 Å². The van der Waals surface area contributed by atoms with Crippen LogP contribution in [0.3, 0.4) is 0 Å². The van der Waals surface area contributed by atoms with Crippen LogP contribution in [0.15, 0.2) is 60.7 Å². The molecule has 2 aromatic heterocycles. The van der Waals surface area contributed by atoms with Gasteiger partial charge in [-0.25, -0.2) is 14.4 Å². The van der Waals surface area contributed by atoms with Crippen LogP contribution in [0, 0.1) is 19.8 Å². The fourth-order valence-electron chi connectivity index (χ4n) is 6.13. The number of ketones is 1. The fourth-order valence-corrected chi connectivity index (χ4v) is 6.13. The summed E-state index contributed by atoms with van der Waals surface area (Å²) in [5.74, 6) is -0.340. The first-order chi connectivity index (χ1) is 20.6. The minimum atomic E-state index is -0.676. The molecule has 9 nitrogen and oxygen atoms in total. The van der Waals surface area contributed by atoms with E-state index in [1.807, 2.05) is 56.3 Å². The molecule has 43 heavy (non-hydrogen) atoms. The van der Waals surface area contributed by atoms with Gasteiger partial charge in [-0.2, -0.15) is 5.10 Å². The van der Waals surface area contributed by atoms with Gasteiger partial charge in [-0.05, 0) is 73.9 Å². The van der Waals surface area contributed by atoms with Crippen molar-refractivity contribution in [3.63, 3.8) is 0 Å². The highest BCUT2D eigenvalue weighted by Gasteiger charge is 2.56. The van der Waals surface area contributed by atoms with E-state index in [1.165, 1.54) is 6.92 Å². The summed E-state index contributed by atoms with van der Waals surface area (Å²) >= 11 is 0. The Kier molecular flexibility index (Phi) is 7.37. The molecular weight excluding hydrogens is 547 g/mol. The SMILES string of the molecule is CC(=O)c1nn(CC(=O)N2[C@@H]3C[C@@H]3C[C@H]2C(=O)NC/C(F)=C(/C)c2ccccc2)c2c(C)cc(-c3cnc(C)nc3)cc12. The van der Waals surface area contributed by atoms with E-state index >= 15 is 0 Å². The number of fused-ring (bicyclic) bond motifs is 2. The van der Waals surface area contributed by atoms with Crippen molar-refractivity contribution in [3.8, 4) is 11.1 Å². The number of hydrogen-bond acceptors (Lipinski definition) is 6. The van der Waals surface area contributed by atoms with Gasteiger partial charge in [0.05, 0.1) is 12.1 Å². The van der Waals surface area contributed by atoms with Crippen LogP contribution in [-0.2, 0) is 16.1 Å². The lowest BCUT2D eigenvalue weighted by Crippen LogP contribution is -2.49. The molecule has 2 fully saturated rings. The zero-order valence-electron chi connectivity index (χ0n) is 24.6. The van der Waals surface area contributed by atoms with Gasteiger partial charge < -0.3 is 10.2 Å². The minimum absolute atomic E-state index is 0.0157. The summed E-state index contributed by atoms with van der Waals surface area (Å²) in [4.78, 5) is 49.8. The Morgan fingerprint density at radius 3 is 2.42 bits per heavy atom. The predicted molar refractivity (Wildman–Crippen MR) is 161 cm³/mol. The maximum absolute atomic E-state index is 14.9. The molecule has 220 valence electrons. The Morgan fingerprint density at radius 1 is 1.00 bits per heavy atom. The van der Waals surface area contributed by atoms with E-state index in [2.05, 4.69) is 20.4 Å². The number of benzene rings is 2. The van der Waals surface area contributed by atoms with E-state index in [0.717, 1.165) is 28.7 Å². The first-order valence-electron chi connectivity index (χ1n) is 14.4. The summed E-state index contributed by atoms with van der Waals surface area (Å²) in [5, 5.41) is 7.91. The third-order valence-electron chi connectivity index (χ3n) is 8.49. The molecule has 4 aromatic rings. The number of Topliss-reactive ketones (excluding diaryl/α,β-unsaturated/α-hetero) is 1. The Bertz CT molecular complexity index is 1780. The second-order valence-electron chi connectivity index (χ2n) is 11.5. The fraction of sp³-hybridized carbons (Fsp3) is 0.333. The topological polar surface area (TPSA) is 110 Å². The molecule has 0 radical (unpaired) electrons. The van der Waals surface area contributed by atoms with Crippen LogP contribution < -0.4 is 5.32 Å². The monoisotopic (exact) mass is 580 g/mol. The van der Waals surface area contributed by atoms with E-state index in [9.17, 15) is 18.8 Å². The maximum atomic E-state index is 14.9. The summed E-state index contributed by atoms with van der Waals surface area (Å²) in [6.07, 6.45) is 4.86. The summed E-state index contributed by atoms with van der Waals surface area (Å²) in [5.41, 5.74) is 4.67. The average Bonchev–Trinajstić information content (AvgIpc) is 3.49. The van der Waals surface area contributed by atoms with Gasteiger partial charge in [-0.1, -0.05) is 30.3 Å². The van der Waals surface area contributed by atoms with E-state index in [1.54, 1.807) is 28.9 Å². The molecule has 3 heterocycles. The number of aromatic nitrogens is 4. The molecule has 2 amide bonds. The van der Waals surface area contributed by atoms with Gasteiger partial charge in [-0.3, -0.25) is 19.1 Å². The quantitative estimate of drug-likeness (QED) is 0.299. The molecule has 2 aliphatic rings. The molecule has 0 spiro atoms. The number of carbonyl (C=O) groups excluding carboxylic acids is 3. The highest BCUT2D eigenvalue weighted by Crippen LogP contribution is 2.48. The lowest BCUT2D eigenvalue weighted by atomic mass is 10.0. The second-order valence-corrected chi connectivity index (χ2v) is 11.5. The maximum Gasteiger partial charge on any atom is 0.245 e. The molecule has 1 aliphatic carbocycles. The largest absolute Gasteiger partial charge is 0.348 e. The number of nitrogens with one attached hydrogen (secondary N) is 1. The standard InChI is InChI=1S/C33H33FN6O3/c1-18-10-23(25-14-35-21(4)36-15-25)11-26-31(20(3)41)38-39(32(18)26)17-30(42)40-28-12-24(28)13-29(40)33(43)37-16-27(34)19(2)22-8-6-5-7-9-22/h5-11,14-15,24,28-29H,12-13,16-17H2,1-4H3,(H,37,43)/b27-19+/t24-,28-,29+/m1/s1. The van der Waals surface area contributed by atoms with Gasteiger partial charge in [0, 0.05) is 36.3 Å². The van der Waals surface area contributed by atoms with Crippen molar-refractivity contribution < 1.29 is 18.8 Å². The molecule has 1 N–H and O–H groups in total. The van der Waals surface area contributed by atoms with Crippen molar-refractivity contribution in [2.24, 2.45) is 5.92 Å². The van der Waals surface area contributed by atoms with Crippen LogP contribution in [0.1, 0.15) is 54.1 Å². The van der Waals surface area contributed by atoms with Crippen molar-refractivity contribution >= 4 is 34.1 Å². The first-order valence-corrected chi connectivity index (χ1v) is 14.4. The number of aryl methyl sites for hydroxylation is 2. The van der Waals surface area contributed by atoms with Crippen LogP contribution in [0.25, 0.3) is 27.6 Å². The molecule has 2 aromatic carbocycles. The van der Waals surface area contributed by atoms with Crippen molar-refractivity contribution in [1.29, 1.82) is 0 Å². The normalized spacial score (nSPS) is 19.7. The zero-order chi connectivity index (χ0) is 30.4. The summed E-state index contributed by atoms with van der Waals surface area (Å²) in [6.45, 7) is 6.50. The third kappa shape index (κ3) is 5.45. The van der Waals surface area contributed by atoms with Crippen LogP contribution in [0.4, 0.5) is 4.39 Å². The van der Waals surface area contributed by atoms with Crippen LogP contribution in [0.5, 0.6) is 0 Å². The first kappa shape index (κ1) is 28.4. The lowest BCUT2D eigenvalue weighted by Gasteiger charge is -2.27. The number of rotatable bonds is 8. The number of carbonyl (C=O) groups is 3. The summed E-state index contributed by atoms with van der Waals surface area (Å²) in [6, 6.07) is 12.3. The predicted octanol–water partition coefficient (Wildman–Crippen LogP) is 4.82. The molecule has 10 heteroatoms. The Hall–Kier alpha value is -4.73. The van der Waals surface area contributed by atoms with Crippen molar-refractivity contribution in [3.05, 3.63) is 83.3 Å². The highest BCUT2D eigenvalue weighted by atomic mass is 19.1. The molecule has 0 unspecified atom stereocenters. The van der Waals surface area contributed by atoms with Crippen molar-refractivity contribution in [2.45, 2.75) is 59.2 Å². The summed E-state index contributed by atoms with van der Waals surface area (Å²) in [7, 11) is 0. The average molecular weight is 581 g/mol. The number of allylic oxidation sites excluding steroid dienone is 1. The number of hydrogen-bond donors (Lipinski definition) is 1. The van der Waals surface area contributed by atoms with Gasteiger partial charge in [0.15, 0.2) is 5.78 Å². The molecule has 1 saturated carbocycles. The van der Waals surface area contributed by atoms with E-state index < -0.39 is 11.9 Å². The van der Waals surface area contributed by atoms with Gasteiger partial charge in [0.1, 0.15) is 29.9 Å². The van der Waals surface area contributed by atoms with Gasteiger partial charge in [0.2, 0.25) is 11.8 Å². The minimum Gasteiger partial charge on any atom is -0.348 e. The number of likely N-dealkylation sites (tertiary alicyclic amines) is 1.